The van der Waals surface area contributed by atoms with Gasteiger partial charge in [-0.25, -0.2) is 0 Å². The fraction of sp³-hybridized carbons (Fsp3) is 0.769. The van der Waals surface area contributed by atoms with E-state index in [1.54, 1.807) is 0 Å². The highest BCUT2D eigenvalue weighted by atomic mass is 16.5. The van der Waals surface area contributed by atoms with E-state index in [1.807, 2.05) is 7.05 Å². The highest BCUT2D eigenvalue weighted by molar-refractivity contribution is 5.43. The molecule has 20 heavy (non-hydrogen) atoms. The summed E-state index contributed by atoms with van der Waals surface area (Å²) in [4.78, 5) is 15.4. The maximum atomic E-state index is 5.47. The monoisotopic (exact) mass is 280 g/mol. The van der Waals surface area contributed by atoms with Gasteiger partial charge in [-0.15, -0.1) is 0 Å². The van der Waals surface area contributed by atoms with Crippen LogP contribution >= 0.6 is 0 Å². The molecule has 0 bridgehead atoms. The lowest BCUT2D eigenvalue weighted by molar-refractivity contribution is 0.0874. The Morgan fingerprint density at radius 1 is 1.20 bits per heavy atom. The summed E-state index contributed by atoms with van der Waals surface area (Å²) >= 11 is 0. The van der Waals surface area contributed by atoms with Gasteiger partial charge >= 0.3 is 0 Å². The molecular weight excluding hydrogens is 256 g/mol. The van der Waals surface area contributed by atoms with Crippen molar-refractivity contribution in [2.24, 2.45) is 0 Å². The third-order valence-corrected chi connectivity index (χ3v) is 3.39. The molecule has 1 aromatic heterocycles. The summed E-state index contributed by atoms with van der Waals surface area (Å²) < 4.78 is 5.47. The van der Waals surface area contributed by atoms with E-state index >= 15 is 0 Å². The molecule has 1 aromatic rings. The van der Waals surface area contributed by atoms with Crippen LogP contribution in [0.1, 0.15) is 26.7 Å². The van der Waals surface area contributed by atoms with E-state index in [-0.39, 0.29) is 6.04 Å². The van der Waals surface area contributed by atoms with Gasteiger partial charge in [0.05, 0.1) is 12.6 Å². The van der Waals surface area contributed by atoms with Crippen LogP contribution in [0.3, 0.4) is 0 Å². The van der Waals surface area contributed by atoms with Gasteiger partial charge in [-0.1, -0.05) is 0 Å². The highest BCUT2D eigenvalue weighted by Gasteiger charge is 2.17. The highest BCUT2D eigenvalue weighted by Crippen LogP contribution is 2.16. The predicted molar refractivity (Wildman–Crippen MR) is 80.4 cm³/mol. The molecule has 2 heterocycles. The molecule has 1 aliphatic rings. The van der Waals surface area contributed by atoms with Gasteiger partial charge in [0.15, 0.2) is 0 Å². The number of ether oxygens (including phenoxy) is 1. The Kier molecular flexibility index (Phi) is 5.34. The predicted octanol–water partition coefficient (Wildman–Crippen LogP) is 1.35. The van der Waals surface area contributed by atoms with Crippen LogP contribution in [0, 0.1) is 0 Å². The zero-order chi connectivity index (χ0) is 14.4. The average Bonchev–Trinajstić information content (AvgIpc) is 2.49. The minimum absolute atomic E-state index is 0.278. The zero-order valence-electron chi connectivity index (χ0n) is 12.5. The molecule has 0 aliphatic carbocycles. The Hall–Kier alpha value is -1.63. The summed E-state index contributed by atoms with van der Waals surface area (Å²) in [6.07, 6.45) is 2.16. The number of hydrogen-bond acceptors (Lipinski definition) is 7. The Bertz CT molecular complexity index is 417. The van der Waals surface area contributed by atoms with Crippen molar-refractivity contribution in [3.63, 3.8) is 0 Å². The first-order valence-electron chi connectivity index (χ1n) is 7.29. The summed E-state index contributed by atoms with van der Waals surface area (Å²) in [5.74, 6) is 1.90. The molecule has 2 rings (SSSR count). The first-order valence-corrected chi connectivity index (χ1v) is 7.29. The molecule has 0 aromatic carbocycles. The SMILES string of the molecule is CCN(CC)c1nc(NC)nc(NC2CCCOC2)n1. The molecule has 0 spiro atoms. The van der Waals surface area contributed by atoms with Crippen LogP contribution in [0.2, 0.25) is 0 Å². The second kappa shape index (κ2) is 7.23. The quantitative estimate of drug-likeness (QED) is 0.814. The van der Waals surface area contributed by atoms with Crippen LogP contribution in [0.5, 0.6) is 0 Å². The van der Waals surface area contributed by atoms with E-state index in [9.17, 15) is 0 Å². The number of rotatable bonds is 6. The standard InChI is InChI=1S/C13H24N6O/c1-4-19(5-2)13-17-11(14-3)16-12(18-13)15-10-7-6-8-20-9-10/h10H,4-9H2,1-3H3,(H2,14,15,16,17,18). The molecular formula is C13H24N6O. The van der Waals surface area contributed by atoms with Gasteiger partial charge < -0.3 is 20.3 Å². The molecule has 0 radical (unpaired) electrons. The lowest BCUT2D eigenvalue weighted by Gasteiger charge is -2.24. The average molecular weight is 280 g/mol. The van der Waals surface area contributed by atoms with E-state index in [4.69, 9.17) is 4.74 Å². The van der Waals surface area contributed by atoms with Gasteiger partial charge in [0.1, 0.15) is 0 Å². The van der Waals surface area contributed by atoms with Crippen LogP contribution < -0.4 is 15.5 Å². The summed E-state index contributed by atoms with van der Waals surface area (Å²) in [7, 11) is 1.81. The molecule has 0 amide bonds. The Morgan fingerprint density at radius 3 is 2.55 bits per heavy atom. The summed E-state index contributed by atoms with van der Waals surface area (Å²) in [5, 5.41) is 6.33. The Balaban J connectivity index is 2.16. The summed E-state index contributed by atoms with van der Waals surface area (Å²) in [6, 6.07) is 0.278. The number of nitrogens with zero attached hydrogens (tertiary/aromatic N) is 4. The zero-order valence-corrected chi connectivity index (χ0v) is 12.5. The van der Waals surface area contributed by atoms with Crippen LogP contribution in [0.4, 0.5) is 17.8 Å². The van der Waals surface area contributed by atoms with Crippen molar-refractivity contribution >= 4 is 17.8 Å². The van der Waals surface area contributed by atoms with Crippen LogP contribution in [0.15, 0.2) is 0 Å². The molecule has 112 valence electrons. The lowest BCUT2D eigenvalue weighted by atomic mass is 10.1. The second-order valence-electron chi connectivity index (χ2n) is 4.76. The van der Waals surface area contributed by atoms with E-state index in [0.29, 0.717) is 24.5 Å². The third kappa shape index (κ3) is 3.69. The number of aromatic nitrogens is 3. The Labute approximate surface area is 120 Å². The lowest BCUT2D eigenvalue weighted by Crippen LogP contribution is -2.31. The number of nitrogens with one attached hydrogen (secondary N) is 2. The van der Waals surface area contributed by atoms with Crippen LogP contribution in [0.25, 0.3) is 0 Å². The van der Waals surface area contributed by atoms with Crippen molar-refractivity contribution in [3.8, 4) is 0 Å². The molecule has 1 fully saturated rings. The summed E-state index contributed by atoms with van der Waals surface area (Å²) in [5.41, 5.74) is 0. The van der Waals surface area contributed by atoms with Crippen molar-refractivity contribution in [2.45, 2.75) is 32.7 Å². The first kappa shape index (κ1) is 14.8. The fourth-order valence-corrected chi connectivity index (χ4v) is 2.23. The minimum atomic E-state index is 0.278. The largest absolute Gasteiger partial charge is 0.379 e. The molecule has 1 atom stereocenters. The fourth-order valence-electron chi connectivity index (χ4n) is 2.23. The smallest absolute Gasteiger partial charge is 0.231 e. The molecule has 7 heteroatoms. The molecule has 1 aliphatic heterocycles. The van der Waals surface area contributed by atoms with Crippen molar-refractivity contribution in [1.82, 2.24) is 15.0 Å². The van der Waals surface area contributed by atoms with E-state index in [2.05, 4.69) is 44.3 Å². The number of hydrogen-bond donors (Lipinski definition) is 2. The van der Waals surface area contributed by atoms with Gasteiger partial charge in [-0.2, -0.15) is 15.0 Å². The number of anilines is 3. The molecule has 0 saturated carbocycles. The summed E-state index contributed by atoms with van der Waals surface area (Å²) in [6.45, 7) is 7.48. The maximum absolute atomic E-state index is 5.47. The van der Waals surface area contributed by atoms with Crippen molar-refractivity contribution in [2.75, 3.05) is 48.9 Å². The van der Waals surface area contributed by atoms with Crippen molar-refractivity contribution in [1.29, 1.82) is 0 Å². The van der Waals surface area contributed by atoms with Gasteiger partial charge in [-0.05, 0) is 26.7 Å². The van der Waals surface area contributed by atoms with Crippen molar-refractivity contribution < 1.29 is 4.74 Å². The van der Waals surface area contributed by atoms with Crippen LogP contribution in [-0.4, -0.2) is 54.3 Å². The Morgan fingerprint density at radius 2 is 1.95 bits per heavy atom. The van der Waals surface area contributed by atoms with E-state index < -0.39 is 0 Å². The van der Waals surface area contributed by atoms with Gasteiger partial charge in [0.2, 0.25) is 17.8 Å². The molecule has 1 unspecified atom stereocenters. The molecule has 1 saturated heterocycles. The topological polar surface area (TPSA) is 75.2 Å². The molecule has 2 N–H and O–H groups in total. The van der Waals surface area contributed by atoms with Crippen LogP contribution in [-0.2, 0) is 4.74 Å². The third-order valence-electron chi connectivity index (χ3n) is 3.39. The van der Waals surface area contributed by atoms with Gasteiger partial charge in [0.25, 0.3) is 0 Å². The minimum Gasteiger partial charge on any atom is -0.379 e. The van der Waals surface area contributed by atoms with E-state index in [1.165, 1.54) is 0 Å². The molecule has 7 nitrogen and oxygen atoms in total. The van der Waals surface area contributed by atoms with Gasteiger partial charge in [0, 0.05) is 26.7 Å². The first-order chi connectivity index (χ1) is 9.76. The van der Waals surface area contributed by atoms with Crippen molar-refractivity contribution in [3.05, 3.63) is 0 Å². The normalized spacial score (nSPS) is 18.6. The van der Waals surface area contributed by atoms with Gasteiger partial charge in [-0.3, -0.25) is 0 Å². The maximum Gasteiger partial charge on any atom is 0.231 e. The van der Waals surface area contributed by atoms with E-state index in [0.717, 1.165) is 32.5 Å². The second-order valence-corrected chi connectivity index (χ2v) is 4.76.